The second kappa shape index (κ2) is 6.54. The number of methoxy groups -OCH3 is 1. The lowest BCUT2D eigenvalue weighted by molar-refractivity contribution is -0.192. The van der Waals surface area contributed by atoms with E-state index < -0.39 is 0 Å². The molecule has 1 saturated carbocycles. The Morgan fingerprint density at radius 3 is 2.64 bits per heavy atom. The Morgan fingerprint density at radius 1 is 1.32 bits per heavy atom. The molecule has 6 nitrogen and oxygen atoms in total. The van der Waals surface area contributed by atoms with Crippen LogP contribution in [0.15, 0.2) is 0 Å². The second-order valence-corrected chi connectivity index (χ2v) is 6.96. The first-order valence-corrected chi connectivity index (χ1v) is 8.30. The van der Waals surface area contributed by atoms with Gasteiger partial charge in [-0.1, -0.05) is 6.42 Å². The van der Waals surface area contributed by atoms with Gasteiger partial charge in [0.2, 0.25) is 11.8 Å². The summed E-state index contributed by atoms with van der Waals surface area (Å²) in [5.41, 5.74) is -0.105. The van der Waals surface area contributed by atoms with Crippen molar-refractivity contribution in [2.75, 3.05) is 40.0 Å². The molecule has 1 spiro atoms. The molecule has 0 aromatic rings. The number of hydrogen-bond acceptors (Lipinski definition) is 4. The molecule has 3 fully saturated rings. The lowest BCUT2D eigenvalue weighted by Gasteiger charge is -2.54. The zero-order valence-corrected chi connectivity index (χ0v) is 13.3. The topological polar surface area (TPSA) is 67.9 Å². The van der Waals surface area contributed by atoms with Crippen molar-refractivity contribution in [3.05, 3.63) is 0 Å². The molecule has 3 rings (SSSR count). The summed E-state index contributed by atoms with van der Waals surface area (Å²) in [6.07, 6.45) is 5.34. The van der Waals surface area contributed by atoms with Crippen LogP contribution in [0.3, 0.4) is 0 Å². The molecule has 2 heterocycles. The maximum atomic E-state index is 12.1. The summed E-state index contributed by atoms with van der Waals surface area (Å²) < 4.78 is 10.8. The quantitative estimate of drug-likeness (QED) is 0.805. The maximum Gasteiger partial charge on any atom is 0.245 e. The Bertz CT molecular complexity index is 420. The van der Waals surface area contributed by atoms with E-state index >= 15 is 0 Å². The van der Waals surface area contributed by atoms with Gasteiger partial charge in [0.25, 0.3) is 0 Å². The molecule has 0 radical (unpaired) electrons. The zero-order valence-electron chi connectivity index (χ0n) is 13.3. The lowest BCUT2D eigenvalue weighted by Crippen LogP contribution is -2.67. The van der Waals surface area contributed by atoms with Gasteiger partial charge < -0.3 is 19.7 Å². The highest BCUT2D eigenvalue weighted by Crippen LogP contribution is 2.38. The van der Waals surface area contributed by atoms with Gasteiger partial charge in [0, 0.05) is 19.6 Å². The van der Waals surface area contributed by atoms with Crippen molar-refractivity contribution in [1.29, 1.82) is 0 Å². The second-order valence-electron chi connectivity index (χ2n) is 6.96. The number of amides is 2. The van der Waals surface area contributed by atoms with Crippen LogP contribution in [0.4, 0.5) is 0 Å². The van der Waals surface area contributed by atoms with Crippen molar-refractivity contribution in [2.45, 2.75) is 37.7 Å². The van der Waals surface area contributed by atoms with E-state index in [0.717, 1.165) is 38.8 Å². The average molecular weight is 310 g/mol. The van der Waals surface area contributed by atoms with Crippen LogP contribution in [0.5, 0.6) is 0 Å². The standard InChI is InChI=1S/C16H26N2O4/c1-21-9-14(19)17-7-12-5-6-16(22-8-12)10-18(11-16)15(20)13-3-2-4-13/h12-13H,2-11H2,1H3,(H,17,19)/t12-/m0/s1. The van der Waals surface area contributed by atoms with Gasteiger partial charge in [0.05, 0.1) is 19.7 Å². The lowest BCUT2D eigenvalue weighted by atomic mass is 9.79. The van der Waals surface area contributed by atoms with Crippen molar-refractivity contribution in [3.8, 4) is 0 Å². The van der Waals surface area contributed by atoms with E-state index in [9.17, 15) is 9.59 Å². The van der Waals surface area contributed by atoms with E-state index in [4.69, 9.17) is 9.47 Å². The van der Waals surface area contributed by atoms with Crippen molar-refractivity contribution in [1.82, 2.24) is 10.2 Å². The summed E-state index contributed by atoms with van der Waals surface area (Å²) in [7, 11) is 1.51. The Labute approximate surface area is 131 Å². The number of likely N-dealkylation sites (tertiary alicyclic amines) is 1. The largest absolute Gasteiger partial charge is 0.375 e. The van der Waals surface area contributed by atoms with Crippen molar-refractivity contribution < 1.29 is 19.1 Å². The highest BCUT2D eigenvalue weighted by Gasteiger charge is 2.49. The van der Waals surface area contributed by atoms with Gasteiger partial charge in [-0.15, -0.1) is 0 Å². The van der Waals surface area contributed by atoms with Gasteiger partial charge >= 0.3 is 0 Å². The third-order valence-electron chi connectivity index (χ3n) is 5.22. The fraction of sp³-hybridized carbons (Fsp3) is 0.875. The summed E-state index contributed by atoms with van der Waals surface area (Å²) in [5, 5.41) is 2.87. The first-order chi connectivity index (χ1) is 10.6. The number of nitrogens with zero attached hydrogens (tertiary/aromatic N) is 1. The van der Waals surface area contributed by atoms with Crippen LogP contribution >= 0.6 is 0 Å². The molecule has 2 saturated heterocycles. The molecule has 1 aliphatic carbocycles. The van der Waals surface area contributed by atoms with E-state index in [0.29, 0.717) is 25.0 Å². The Balaban J connectivity index is 1.36. The molecular weight excluding hydrogens is 284 g/mol. The van der Waals surface area contributed by atoms with Crippen LogP contribution in [-0.2, 0) is 19.1 Å². The minimum atomic E-state index is -0.105. The van der Waals surface area contributed by atoms with Crippen LogP contribution < -0.4 is 5.32 Å². The van der Waals surface area contributed by atoms with Crippen LogP contribution in [0, 0.1) is 11.8 Å². The minimum absolute atomic E-state index is 0.0799. The summed E-state index contributed by atoms with van der Waals surface area (Å²) in [6.45, 7) is 2.92. The summed E-state index contributed by atoms with van der Waals surface area (Å²) >= 11 is 0. The smallest absolute Gasteiger partial charge is 0.245 e. The number of rotatable bonds is 5. The Hall–Kier alpha value is -1.14. The number of carbonyl (C=O) groups excluding carboxylic acids is 2. The van der Waals surface area contributed by atoms with Gasteiger partial charge in [0.1, 0.15) is 12.2 Å². The van der Waals surface area contributed by atoms with Gasteiger partial charge in [-0.2, -0.15) is 0 Å². The molecule has 2 aliphatic heterocycles. The average Bonchev–Trinajstić information content (AvgIpc) is 2.41. The van der Waals surface area contributed by atoms with E-state index in [2.05, 4.69) is 5.32 Å². The molecule has 0 unspecified atom stereocenters. The summed E-state index contributed by atoms with van der Waals surface area (Å²) in [4.78, 5) is 25.5. The number of carbonyl (C=O) groups is 2. The van der Waals surface area contributed by atoms with Crippen molar-refractivity contribution in [2.24, 2.45) is 11.8 Å². The highest BCUT2D eigenvalue weighted by molar-refractivity contribution is 5.80. The van der Waals surface area contributed by atoms with Crippen LogP contribution in [0.25, 0.3) is 0 Å². The molecule has 0 aromatic heterocycles. The third kappa shape index (κ3) is 3.27. The fourth-order valence-corrected chi connectivity index (χ4v) is 3.49. The van der Waals surface area contributed by atoms with E-state index in [1.54, 1.807) is 0 Å². The van der Waals surface area contributed by atoms with Crippen molar-refractivity contribution in [3.63, 3.8) is 0 Å². The molecule has 3 aliphatic rings. The number of nitrogens with one attached hydrogen (secondary N) is 1. The van der Waals surface area contributed by atoms with E-state index in [1.165, 1.54) is 13.5 Å². The van der Waals surface area contributed by atoms with Crippen molar-refractivity contribution >= 4 is 11.8 Å². The normalized spacial score (nSPS) is 27.1. The molecule has 0 bridgehead atoms. The first kappa shape index (κ1) is 15.7. The molecule has 1 N–H and O–H groups in total. The SMILES string of the molecule is COCC(=O)NC[C@@H]1CCC2(CN(C(=O)C3CCC3)C2)OC1. The van der Waals surface area contributed by atoms with Gasteiger partial charge in [-0.3, -0.25) is 9.59 Å². The zero-order chi connectivity index (χ0) is 15.6. The molecular formula is C16H26N2O4. The molecule has 1 atom stereocenters. The molecule has 124 valence electrons. The minimum Gasteiger partial charge on any atom is -0.375 e. The monoisotopic (exact) mass is 310 g/mol. The number of hydrogen-bond donors (Lipinski definition) is 1. The number of ether oxygens (including phenoxy) is 2. The summed E-state index contributed by atoms with van der Waals surface area (Å²) in [6, 6.07) is 0. The summed E-state index contributed by atoms with van der Waals surface area (Å²) in [5.74, 6) is 0.894. The Morgan fingerprint density at radius 2 is 2.09 bits per heavy atom. The molecule has 2 amide bonds. The first-order valence-electron chi connectivity index (χ1n) is 8.30. The van der Waals surface area contributed by atoms with Crippen LogP contribution in [-0.4, -0.2) is 62.3 Å². The van der Waals surface area contributed by atoms with Gasteiger partial charge in [-0.25, -0.2) is 0 Å². The predicted molar refractivity (Wildman–Crippen MR) is 80.2 cm³/mol. The molecule has 0 aromatic carbocycles. The fourth-order valence-electron chi connectivity index (χ4n) is 3.49. The van der Waals surface area contributed by atoms with E-state index in [-0.39, 0.29) is 24.0 Å². The third-order valence-corrected chi connectivity index (χ3v) is 5.22. The highest BCUT2D eigenvalue weighted by atomic mass is 16.5. The molecule has 22 heavy (non-hydrogen) atoms. The molecule has 6 heteroatoms. The predicted octanol–water partition coefficient (Wildman–Crippen LogP) is 0.557. The van der Waals surface area contributed by atoms with Crippen LogP contribution in [0.1, 0.15) is 32.1 Å². The Kier molecular flexibility index (Phi) is 4.68. The van der Waals surface area contributed by atoms with Crippen LogP contribution in [0.2, 0.25) is 0 Å². The van der Waals surface area contributed by atoms with Gasteiger partial charge in [-0.05, 0) is 31.6 Å². The van der Waals surface area contributed by atoms with E-state index in [1.807, 2.05) is 4.90 Å². The maximum absolute atomic E-state index is 12.1. The van der Waals surface area contributed by atoms with Gasteiger partial charge in [0.15, 0.2) is 0 Å².